The Kier molecular flexibility index (Phi) is 5.26. The molecule has 0 atom stereocenters. The average molecular weight is 427 g/mol. The van der Waals surface area contributed by atoms with E-state index in [0.717, 1.165) is 24.4 Å². The first kappa shape index (κ1) is 20.6. The van der Waals surface area contributed by atoms with Crippen molar-refractivity contribution >= 4 is 9.84 Å². The number of nitrogens with one attached hydrogen (secondary N) is 1. The van der Waals surface area contributed by atoms with Gasteiger partial charge in [0.25, 0.3) is 0 Å². The highest BCUT2D eigenvalue weighted by molar-refractivity contribution is 7.91. The number of hydrogen-bond acceptors (Lipinski definition) is 5. The molecule has 1 N–H and O–H groups in total. The number of ether oxygens (including phenoxy) is 1. The molecule has 0 aliphatic carbocycles. The maximum Gasteiger partial charge on any atom is 0.573 e. The van der Waals surface area contributed by atoms with E-state index in [9.17, 15) is 26.4 Å². The van der Waals surface area contributed by atoms with E-state index in [0.29, 0.717) is 11.3 Å². The minimum absolute atomic E-state index is 0.0613. The molecule has 29 heavy (non-hydrogen) atoms. The van der Waals surface area contributed by atoms with E-state index in [1.54, 1.807) is 11.6 Å². The van der Waals surface area contributed by atoms with Gasteiger partial charge in [-0.3, -0.25) is 4.79 Å². The summed E-state index contributed by atoms with van der Waals surface area (Å²) in [5.41, 5.74) is 0.693. The zero-order chi connectivity index (χ0) is 21.4. The van der Waals surface area contributed by atoms with Crippen molar-refractivity contribution in [3.63, 3.8) is 0 Å². The molecule has 154 valence electrons. The monoisotopic (exact) mass is 427 g/mol. The maximum absolute atomic E-state index is 12.4. The van der Waals surface area contributed by atoms with Crippen molar-refractivity contribution in [3.8, 4) is 28.4 Å². The number of aromatic nitrogens is 3. The minimum Gasteiger partial charge on any atom is -0.406 e. The van der Waals surface area contributed by atoms with Crippen molar-refractivity contribution in [2.24, 2.45) is 7.05 Å². The number of rotatable bonds is 5. The molecule has 0 radical (unpaired) electrons. The van der Waals surface area contributed by atoms with E-state index < -0.39 is 21.8 Å². The third-order valence-electron chi connectivity index (χ3n) is 4.21. The molecule has 0 unspecified atom stereocenters. The van der Waals surface area contributed by atoms with Crippen LogP contribution in [0.3, 0.4) is 0 Å². The molecule has 2 aromatic heterocycles. The summed E-state index contributed by atoms with van der Waals surface area (Å²) < 4.78 is 67.1. The third kappa shape index (κ3) is 4.34. The Morgan fingerprint density at radius 2 is 1.86 bits per heavy atom. The van der Waals surface area contributed by atoms with Crippen molar-refractivity contribution in [2.75, 3.05) is 5.75 Å². The number of pyridine rings is 1. The van der Waals surface area contributed by atoms with E-state index in [1.165, 1.54) is 25.3 Å². The highest BCUT2D eigenvalue weighted by Crippen LogP contribution is 2.31. The molecule has 0 aliphatic heterocycles. The molecule has 0 saturated carbocycles. The number of benzene rings is 1. The van der Waals surface area contributed by atoms with Crippen LogP contribution in [0.15, 0.2) is 52.4 Å². The number of halogens is 3. The molecule has 3 rings (SSSR count). The Labute approximate surface area is 163 Å². The normalized spacial score (nSPS) is 12.2. The fraction of sp³-hybridized carbons (Fsp3) is 0.222. The fourth-order valence-electron chi connectivity index (χ4n) is 2.80. The van der Waals surface area contributed by atoms with Crippen LogP contribution in [0.2, 0.25) is 0 Å². The minimum atomic E-state index is -4.79. The van der Waals surface area contributed by atoms with Crippen LogP contribution in [0.4, 0.5) is 13.2 Å². The summed E-state index contributed by atoms with van der Waals surface area (Å²) in [6.45, 7) is 1.48. The van der Waals surface area contributed by atoms with Crippen LogP contribution in [-0.4, -0.2) is 35.1 Å². The zero-order valence-corrected chi connectivity index (χ0v) is 16.1. The number of aromatic amines is 1. The molecule has 0 saturated heterocycles. The van der Waals surface area contributed by atoms with Gasteiger partial charge >= 0.3 is 6.36 Å². The molecule has 0 aliphatic rings. The summed E-state index contributed by atoms with van der Waals surface area (Å²) >= 11 is 0. The predicted octanol–water partition coefficient (Wildman–Crippen LogP) is 3.13. The lowest BCUT2D eigenvalue weighted by Crippen LogP contribution is -2.16. The molecular weight excluding hydrogens is 411 g/mol. The molecule has 0 amide bonds. The summed E-state index contributed by atoms with van der Waals surface area (Å²) in [5, 5.41) is 0. The van der Waals surface area contributed by atoms with Gasteiger partial charge in [-0.05, 0) is 24.3 Å². The van der Waals surface area contributed by atoms with Gasteiger partial charge in [-0.25, -0.2) is 13.4 Å². The topological polar surface area (TPSA) is 94.1 Å². The number of imidazole rings is 1. The van der Waals surface area contributed by atoms with Gasteiger partial charge in [-0.2, -0.15) is 0 Å². The van der Waals surface area contributed by atoms with Gasteiger partial charge in [0.2, 0.25) is 5.56 Å². The third-order valence-corrected chi connectivity index (χ3v) is 5.98. The Morgan fingerprint density at radius 3 is 2.45 bits per heavy atom. The predicted molar refractivity (Wildman–Crippen MR) is 99.1 cm³/mol. The number of alkyl halides is 3. The maximum atomic E-state index is 12.4. The SMILES string of the molecule is CCS(=O)(=O)c1c[nH]c(=O)cc1-c1ncc(-c2ccc(OC(F)(F)F)cc2)n1C. The summed E-state index contributed by atoms with van der Waals surface area (Å²) in [6.07, 6.45) is -2.21. The molecule has 11 heteroatoms. The van der Waals surface area contributed by atoms with Gasteiger partial charge in [0.1, 0.15) is 11.6 Å². The van der Waals surface area contributed by atoms with Gasteiger partial charge < -0.3 is 14.3 Å². The lowest BCUT2D eigenvalue weighted by molar-refractivity contribution is -0.274. The Morgan fingerprint density at radius 1 is 1.21 bits per heavy atom. The molecule has 3 aromatic rings. The van der Waals surface area contributed by atoms with Crippen molar-refractivity contribution < 1.29 is 26.3 Å². The second-order valence-corrected chi connectivity index (χ2v) is 8.32. The summed E-state index contributed by atoms with van der Waals surface area (Å²) in [7, 11) is -2.02. The molecule has 7 nitrogen and oxygen atoms in total. The summed E-state index contributed by atoms with van der Waals surface area (Å²) in [4.78, 5) is 18.3. The van der Waals surface area contributed by atoms with Crippen LogP contribution < -0.4 is 10.3 Å². The van der Waals surface area contributed by atoms with Crippen LogP contribution in [-0.2, 0) is 16.9 Å². The van der Waals surface area contributed by atoms with Gasteiger partial charge in [0.05, 0.1) is 22.5 Å². The van der Waals surface area contributed by atoms with Crippen LogP contribution >= 0.6 is 0 Å². The quantitative estimate of drug-likeness (QED) is 0.675. The van der Waals surface area contributed by atoms with Crippen LogP contribution in [0.5, 0.6) is 5.75 Å². The molecule has 0 fully saturated rings. The van der Waals surface area contributed by atoms with Crippen molar-refractivity contribution in [2.45, 2.75) is 18.2 Å². The van der Waals surface area contributed by atoms with Crippen molar-refractivity contribution in [3.05, 3.63) is 53.1 Å². The van der Waals surface area contributed by atoms with E-state index >= 15 is 0 Å². The lowest BCUT2D eigenvalue weighted by atomic mass is 10.1. The highest BCUT2D eigenvalue weighted by atomic mass is 32.2. The average Bonchev–Trinajstić information content (AvgIpc) is 3.02. The van der Waals surface area contributed by atoms with E-state index in [-0.39, 0.29) is 27.8 Å². The second kappa shape index (κ2) is 7.39. The Bertz CT molecular complexity index is 1200. The van der Waals surface area contributed by atoms with Gasteiger partial charge in [-0.15, -0.1) is 13.2 Å². The molecule has 2 heterocycles. The van der Waals surface area contributed by atoms with Crippen LogP contribution in [0.25, 0.3) is 22.6 Å². The van der Waals surface area contributed by atoms with Gasteiger partial charge in [0, 0.05) is 30.4 Å². The highest BCUT2D eigenvalue weighted by Gasteiger charge is 2.31. The van der Waals surface area contributed by atoms with E-state index in [2.05, 4.69) is 14.7 Å². The van der Waals surface area contributed by atoms with Crippen LogP contribution in [0.1, 0.15) is 6.92 Å². The summed E-state index contributed by atoms with van der Waals surface area (Å²) in [6, 6.07) is 6.31. The van der Waals surface area contributed by atoms with Gasteiger partial charge in [-0.1, -0.05) is 6.92 Å². The van der Waals surface area contributed by atoms with Crippen LogP contribution in [0, 0.1) is 0 Å². The molecule has 1 aromatic carbocycles. The molecule has 0 bridgehead atoms. The smallest absolute Gasteiger partial charge is 0.406 e. The van der Waals surface area contributed by atoms with E-state index in [4.69, 9.17) is 0 Å². The number of hydrogen-bond donors (Lipinski definition) is 1. The van der Waals surface area contributed by atoms with Crippen molar-refractivity contribution in [1.29, 1.82) is 0 Å². The summed E-state index contributed by atoms with van der Waals surface area (Å²) in [5.74, 6) is -0.299. The fourth-order valence-corrected chi connectivity index (χ4v) is 3.84. The first-order valence-corrected chi connectivity index (χ1v) is 10.0. The molecule has 0 spiro atoms. The zero-order valence-electron chi connectivity index (χ0n) is 15.3. The Hall–Kier alpha value is -3.08. The second-order valence-electron chi connectivity index (χ2n) is 6.08. The number of nitrogens with zero attached hydrogens (tertiary/aromatic N) is 2. The van der Waals surface area contributed by atoms with Crippen molar-refractivity contribution in [1.82, 2.24) is 14.5 Å². The molecular formula is C18H16F3N3O4S. The van der Waals surface area contributed by atoms with E-state index in [1.807, 2.05) is 0 Å². The number of H-pyrrole nitrogens is 1. The largest absolute Gasteiger partial charge is 0.573 e. The first-order chi connectivity index (χ1) is 13.5. The first-order valence-electron chi connectivity index (χ1n) is 8.35. The standard InChI is InChI=1S/C18H16F3N3O4S/c1-3-29(26,27)15-10-22-16(25)8-13(15)17-23-9-14(24(17)2)11-4-6-12(7-5-11)28-18(19,20)21/h4-10H,3H2,1-2H3,(H,22,25). The Balaban J connectivity index is 2.06. The van der Waals surface area contributed by atoms with Gasteiger partial charge in [0.15, 0.2) is 9.84 Å². The number of sulfone groups is 1. The lowest BCUT2D eigenvalue weighted by Gasteiger charge is -2.11.